The zero-order valence-electron chi connectivity index (χ0n) is 8.75. The van der Waals surface area contributed by atoms with Gasteiger partial charge >= 0.3 is 5.63 Å². The van der Waals surface area contributed by atoms with Crippen molar-refractivity contribution in [2.45, 2.75) is 6.42 Å². The monoisotopic (exact) mass is 235 g/mol. The van der Waals surface area contributed by atoms with Crippen LogP contribution in [0.15, 0.2) is 33.5 Å². The van der Waals surface area contributed by atoms with Crippen molar-refractivity contribution in [3.05, 3.63) is 50.4 Å². The summed E-state index contributed by atoms with van der Waals surface area (Å²) in [4.78, 5) is 21.5. The summed E-state index contributed by atoms with van der Waals surface area (Å²) in [6.07, 6.45) is 0.186. The van der Waals surface area contributed by atoms with Crippen LogP contribution in [0.25, 0.3) is 11.0 Å². The number of rotatable bonds is 3. The van der Waals surface area contributed by atoms with Crippen LogP contribution in [0, 0.1) is 10.1 Å². The quantitative estimate of drug-likeness (QED) is 0.490. The van der Waals surface area contributed by atoms with Crippen LogP contribution in [-0.4, -0.2) is 16.6 Å². The van der Waals surface area contributed by atoms with Gasteiger partial charge in [-0.25, -0.2) is 4.79 Å². The van der Waals surface area contributed by atoms with Crippen LogP contribution >= 0.6 is 0 Å². The lowest BCUT2D eigenvalue weighted by atomic mass is 10.1. The second-order valence-corrected chi connectivity index (χ2v) is 3.47. The molecule has 88 valence electrons. The summed E-state index contributed by atoms with van der Waals surface area (Å²) in [5.74, 6) is 0. The Labute approximate surface area is 95.3 Å². The Kier molecular flexibility index (Phi) is 2.88. The molecule has 0 amide bonds. The first kappa shape index (κ1) is 11.3. The summed E-state index contributed by atoms with van der Waals surface area (Å²) in [5.41, 5.74) is -0.0910. The van der Waals surface area contributed by atoms with E-state index >= 15 is 0 Å². The summed E-state index contributed by atoms with van der Waals surface area (Å²) < 4.78 is 4.86. The molecule has 6 nitrogen and oxygen atoms in total. The molecular formula is C11H9NO5. The normalized spacial score (nSPS) is 10.6. The fourth-order valence-electron chi connectivity index (χ4n) is 1.72. The van der Waals surface area contributed by atoms with Crippen LogP contribution in [-0.2, 0) is 6.42 Å². The second kappa shape index (κ2) is 4.34. The summed E-state index contributed by atoms with van der Waals surface area (Å²) in [5, 5.41) is 20.1. The number of hydrogen-bond donors (Lipinski definition) is 1. The molecule has 0 aliphatic rings. The average molecular weight is 235 g/mol. The van der Waals surface area contributed by atoms with Gasteiger partial charge in [0.1, 0.15) is 5.58 Å². The van der Waals surface area contributed by atoms with E-state index in [0.29, 0.717) is 5.56 Å². The highest BCUT2D eigenvalue weighted by molar-refractivity contribution is 5.88. The maximum absolute atomic E-state index is 11.0. The largest absolute Gasteiger partial charge is 0.422 e. The molecular weight excluding hydrogens is 226 g/mol. The zero-order valence-corrected chi connectivity index (χ0v) is 8.75. The standard InChI is InChI=1S/C11H9NO5/c13-6-5-7-1-3-9-8(11(7)12(15)16)2-4-10(14)17-9/h1-4,13H,5-6H2. The molecule has 0 atom stereocenters. The highest BCUT2D eigenvalue weighted by Gasteiger charge is 2.19. The van der Waals surface area contributed by atoms with Gasteiger partial charge in [0.25, 0.3) is 5.69 Å². The van der Waals surface area contributed by atoms with Crippen molar-refractivity contribution in [3.63, 3.8) is 0 Å². The zero-order chi connectivity index (χ0) is 12.4. The van der Waals surface area contributed by atoms with E-state index in [1.54, 1.807) is 0 Å². The molecule has 0 aliphatic heterocycles. The van der Waals surface area contributed by atoms with E-state index in [9.17, 15) is 14.9 Å². The van der Waals surface area contributed by atoms with Crippen molar-refractivity contribution < 1.29 is 14.4 Å². The molecule has 1 N–H and O–H groups in total. The van der Waals surface area contributed by atoms with Crippen LogP contribution in [0.1, 0.15) is 5.56 Å². The Morgan fingerprint density at radius 2 is 2.06 bits per heavy atom. The average Bonchev–Trinajstić information content (AvgIpc) is 2.28. The minimum absolute atomic E-state index is 0.125. The number of fused-ring (bicyclic) bond motifs is 1. The van der Waals surface area contributed by atoms with E-state index in [1.165, 1.54) is 18.2 Å². The van der Waals surface area contributed by atoms with E-state index in [-0.39, 0.29) is 29.7 Å². The predicted octanol–water partition coefficient (Wildman–Crippen LogP) is 1.24. The number of nitro groups is 1. The van der Waals surface area contributed by atoms with Gasteiger partial charge in [0.05, 0.1) is 10.3 Å². The first-order chi connectivity index (χ1) is 8.13. The van der Waals surface area contributed by atoms with E-state index in [4.69, 9.17) is 9.52 Å². The topological polar surface area (TPSA) is 93.6 Å². The van der Waals surface area contributed by atoms with E-state index in [2.05, 4.69) is 0 Å². The molecule has 0 aliphatic carbocycles. The van der Waals surface area contributed by atoms with E-state index in [1.807, 2.05) is 0 Å². The van der Waals surface area contributed by atoms with Gasteiger partial charge in [0.15, 0.2) is 0 Å². The Bertz CT molecular complexity index is 631. The SMILES string of the molecule is O=c1ccc2c([N+](=O)[O-])c(CCO)ccc2o1. The molecule has 0 radical (unpaired) electrons. The minimum Gasteiger partial charge on any atom is -0.422 e. The van der Waals surface area contributed by atoms with Crippen molar-refractivity contribution in [2.24, 2.45) is 0 Å². The van der Waals surface area contributed by atoms with Gasteiger partial charge in [0.2, 0.25) is 0 Å². The Morgan fingerprint density at radius 3 is 2.71 bits per heavy atom. The van der Waals surface area contributed by atoms with Crippen molar-refractivity contribution in [3.8, 4) is 0 Å². The van der Waals surface area contributed by atoms with Crippen molar-refractivity contribution in [1.29, 1.82) is 0 Å². The molecule has 2 rings (SSSR count). The fourth-order valence-corrected chi connectivity index (χ4v) is 1.72. The third-order valence-corrected chi connectivity index (χ3v) is 2.42. The molecule has 0 saturated heterocycles. The van der Waals surface area contributed by atoms with E-state index < -0.39 is 10.5 Å². The first-order valence-electron chi connectivity index (χ1n) is 4.94. The number of hydrogen-bond acceptors (Lipinski definition) is 5. The lowest BCUT2D eigenvalue weighted by Gasteiger charge is -2.03. The van der Waals surface area contributed by atoms with Gasteiger partial charge in [-0.15, -0.1) is 0 Å². The molecule has 0 fully saturated rings. The molecule has 1 heterocycles. The van der Waals surface area contributed by atoms with Crippen molar-refractivity contribution in [1.82, 2.24) is 0 Å². The second-order valence-electron chi connectivity index (χ2n) is 3.47. The smallest absolute Gasteiger partial charge is 0.336 e. The molecule has 0 spiro atoms. The van der Waals surface area contributed by atoms with Gasteiger partial charge in [-0.1, -0.05) is 0 Å². The van der Waals surface area contributed by atoms with Crippen LogP contribution in [0.5, 0.6) is 0 Å². The molecule has 0 saturated carbocycles. The third kappa shape index (κ3) is 2.02. The minimum atomic E-state index is -0.554. The summed E-state index contributed by atoms with van der Waals surface area (Å²) in [6, 6.07) is 5.48. The predicted molar refractivity (Wildman–Crippen MR) is 59.9 cm³/mol. The maximum Gasteiger partial charge on any atom is 0.336 e. The molecule has 2 aromatic rings. The molecule has 17 heavy (non-hydrogen) atoms. The fraction of sp³-hybridized carbons (Fsp3) is 0.182. The van der Waals surface area contributed by atoms with Crippen molar-refractivity contribution >= 4 is 16.7 Å². The number of nitrogens with zero attached hydrogens (tertiary/aromatic N) is 1. The number of aliphatic hydroxyl groups is 1. The van der Waals surface area contributed by atoms with Crippen LogP contribution in [0.3, 0.4) is 0 Å². The van der Waals surface area contributed by atoms with Crippen LogP contribution in [0.4, 0.5) is 5.69 Å². The lowest BCUT2D eigenvalue weighted by molar-refractivity contribution is -0.383. The Balaban J connectivity index is 2.79. The Morgan fingerprint density at radius 1 is 1.29 bits per heavy atom. The van der Waals surface area contributed by atoms with Crippen LogP contribution < -0.4 is 5.63 Å². The molecule has 0 unspecified atom stereocenters. The number of aliphatic hydroxyl groups excluding tert-OH is 1. The highest BCUT2D eigenvalue weighted by Crippen LogP contribution is 2.28. The molecule has 1 aromatic heterocycles. The summed E-state index contributed by atoms with van der Waals surface area (Å²) in [7, 11) is 0. The maximum atomic E-state index is 11.0. The van der Waals surface area contributed by atoms with Gasteiger partial charge in [0, 0.05) is 24.7 Å². The summed E-state index contributed by atoms with van der Waals surface area (Å²) >= 11 is 0. The third-order valence-electron chi connectivity index (χ3n) is 2.42. The summed E-state index contributed by atoms with van der Waals surface area (Å²) in [6.45, 7) is -0.177. The van der Waals surface area contributed by atoms with E-state index in [0.717, 1.165) is 6.07 Å². The molecule has 6 heteroatoms. The van der Waals surface area contributed by atoms with Gasteiger partial charge in [-0.2, -0.15) is 0 Å². The van der Waals surface area contributed by atoms with Gasteiger partial charge in [-0.05, 0) is 18.2 Å². The van der Waals surface area contributed by atoms with Crippen LogP contribution in [0.2, 0.25) is 0 Å². The lowest BCUT2D eigenvalue weighted by Crippen LogP contribution is -2.01. The number of nitro benzene ring substituents is 1. The van der Waals surface area contributed by atoms with Crippen molar-refractivity contribution in [2.75, 3.05) is 6.61 Å². The molecule has 1 aromatic carbocycles. The first-order valence-corrected chi connectivity index (χ1v) is 4.94. The van der Waals surface area contributed by atoms with Gasteiger partial charge in [-0.3, -0.25) is 10.1 Å². The number of benzene rings is 1. The highest BCUT2D eigenvalue weighted by atomic mass is 16.6. The molecule has 0 bridgehead atoms. The Hall–Kier alpha value is -2.21. The van der Waals surface area contributed by atoms with Gasteiger partial charge < -0.3 is 9.52 Å².